The van der Waals surface area contributed by atoms with E-state index in [0.29, 0.717) is 11.1 Å². The molecule has 2 aromatic rings. The van der Waals surface area contributed by atoms with E-state index in [-0.39, 0.29) is 29.7 Å². The molecule has 3 atom stereocenters. The summed E-state index contributed by atoms with van der Waals surface area (Å²) in [6.07, 6.45) is 5.12. The number of fused-ring (bicyclic) bond motifs is 3. The highest BCUT2D eigenvalue weighted by molar-refractivity contribution is 5.94. The van der Waals surface area contributed by atoms with Gasteiger partial charge in [0.15, 0.2) is 0 Å². The third kappa shape index (κ3) is 2.44. The number of benzene rings is 2. The topological polar surface area (TPSA) is 38.3 Å². The number of carbonyl (C=O) groups is 1. The van der Waals surface area contributed by atoms with Crippen LogP contribution in [0.1, 0.15) is 45.4 Å². The van der Waals surface area contributed by atoms with E-state index in [4.69, 9.17) is 4.74 Å². The number of nitrogens with one attached hydrogen (secondary N) is 1. The van der Waals surface area contributed by atoms with Crippen LogP contribution in [0.25, 0.3) is 0 Å². The van der Waals surface area contributed by atoms with Crippen LogP contribution >= 0.6 is 0 Å². The molecule has 1 N–H and O–H groups in total. The van der Waals surface area contributed by atoms with Crippen molar-refractivity contribution in [3.63, 3.8) is 0 Å². The maximum Gasteiger partial charge on any atom is 0.338 e. The first-order valence-electron chi connectivity index (χ1n) is 8.51. The van der Waals surface area contributed by atoms with Crippen LogP contribution in [0.3, 0.4) is 0 Å². The van der Waals surface area contributed by atoms with E-state index in [2.05, 4.69) is 17.5 Å². The molecule has 4 rings (SSSR count). The minimum Gasteiger partial charge on any atom is -0.465 e. The van der Waals surface area contributed by atoms with E-state index < -0.39 is 0 Å². The van der Waals surface area contributed by atoms with Crippen molar-refractivity contribution < 1.29 is 13.9 Å². The first kappa shape index (κ1) is 15.9. The summed E-state index contributed by atoms with van der Waals surface area (Å²) in [4.78, 5) is 12.3. The largest absolute Gasteiger partial charge is 0.465 e. The number of methoxy groups -OCH3 is 1. The first-order valence-corrected chi connectivity index (χ1v) is 8.51. The monoisotopic (exact) mass is 337 g/mol. The Hall–Kier alpha value is -2.62. The molecule has 0 amide bonds. The number of hydrogen-bond acceptors (Lipinski definition) is 3. The molecule has 1 heterocycles. The van der Waals surface area contributed by atoms with Gasteiger partial charge in [0.25, 0.3) is 0 Å². The van der Waals surface area contributed by atoms with Crippen LogP contribution in [0.5, 0.6) is 0 Å². The van der Waals surface area contributed by atoms with Crippen LogP contribution in [-0.2, 0) is 4.74 Å². The predicted molar refractivity (Wildman–Crippen MR) is 95.3 cm³/mol. The lowest BCUT2D eigenvalue weighted by atomic mass is 9.74. The molecule has 2 aliphatic rings. The van der Waals surface area contributed by atoms with Gasteiger partial charge in [-0.3, -0.25) is 0 Å². The van der Waals surface area contributed by atoms with Crippen LogP contribution < -0.4 is 5.32 Å². The predicted octanol–water partition coefficient (Wildman–Crippen LogP) is 4.75. The van der Waals surface area contributed by atoms with Crippen molar-refractivity contribution in [2.45, 2.75) is 25.3 Å². The van der Waals surface area contributed by atoms with E-state index in [1.165, 1.54) is 13.2 Å². The molecular weight excluding hydrogens is 317 g/mol. The number of allylic oxidation sites excluding steroid dienone is 2. The Morgan fingerprint density at radius 3 is 2.80 bits per heavy atom. The van der Waals surface area contributed by atoms with Crippen LogP contribution in [0, 0.1) is 18.7 Å². The SMILES string of the molecule is COC(=O)c1ccc(C)c2c1[C@@H]1C=CC[C@H]1[C@@H](c1ccccc1F)N2. The van der Waals surface area contributed by atoms with E-state index in [1.807, 2.05) is 31.2 Å². The number of carbonyl (C=O) groups excluding carboxylic acids is 1. The quantitative estimate of drug-likeness (QED) is 0.635. The lowest BCUT2D eigenvalue weighted by molar-refractivity contribution is 0.0598. The van der Waals surface area contributed by atoms with Gasteiger partial charge >= 0.3 is 5.97 Å². The highest BCUT2D eigenvalue weighted by Gasteiger charge is 2.41. The molecule has 0 spiro atoms. The van der Waals surface area contributed by atoms with Gasteiger partial charge in [-0.15, -0.1) is 0 Å². The normalized spacial score (nSPS) is 23.6. The summed E-state index contributed by atoms with van der Waals surface area (Å²) in [6, 6.07) is 10.5. The maximum atomic E-state index is 14.4. The van der Waals surface area contributed by atoms with Crippen molar-refractivity contribution in [1.82, 2.24) is 0 Å². The Morgan fingerprint density at radius 2 is 2.04 bits per heavy atom. The summed E-state index contributed by atoms with van der Waals surface area (Å²) >= 11 is 0. The number of ether oxygens (including phenoxy) is 1. The average Bonchev–Trinajstić information content (AvgIpc) is 3.11. The van der Waals surface area contributed by atoms with Crippen molar-refractivity contribution in [2.24, 2.45) is 5.92 Å². The molecule has 0 radical (unpaired) electrons. The fraction of sp³-hybridized carbons (Fsp3) is 0.286. The summed E-state index contributed by atoms with van der Waals surface area (Å²) in [7, 11) is 1.40. The van der Waals surface area contributed by atoms with Gasteiger partial charge in [0.05, 0.1) is 18.7 Å². The van der Waals surface area contributed by atoms with Gasteiger partial charge < -0.3 is 10.1 Å². The number of halogens is 1. The highest BCUT2D eigenvalue weighted by atomic mass is 19.1. The number of rotatable bonds is 2. The zero-order valence-electron chi connectivity index (χ0n) is 14.3. The van der Waals surface area contributed by atoms with Crippen molar-refractivity contribution in [2.75, 3.05) is 12.4 Å². The molecule has 0 unspecified atom stereocenters. The number of anilines is 1. The first-order chi connectivity index (χ1) is 12.1. The van der Waals surface area contributed by atoms with Crippen LogP contribution in [0.2, 0.25) is 0 Å². The second-order valence-corrected chi connectivity index (χ2v) is 6.71. The highest BCUT2D eigenvalue weighted by Crippen LogP contribution is 2.52. The number of esters is 1. The van der Waals surface area contributed by atoms with Gasteiger partial charge in [0.2, 0.25) is 0 Å². The third-order valence-electron chi connectivity index (χ3n) is 5.37. The molecule has 0 fully saturated rings. The molecule has 0 aromatic heterocycles. The van der Waals surface area contributed by atoms with Crippen molar-refractivity contribution >= 4 is 11.7 Å². The summed E-state index contributed by atoms with van der Waals surface area (Å²) in [5, 5.41) is 3.53. The second kappa shape index (κ2) is 6.03. The zero-order chi connectivity index (χ0) is 17.6. The Balaban J connectivity index is 1.89. The molecule has 3 nitrogen and oxygen atoms in total. The molecule has 0 saturated carbocycles. The number of hydrogen-bond donors (Lipinski definition) is 1. The molecule has 0 saturated heterocycles. The van der Waals surface area contributed by atoms with Gasteiger partial charge in [-0.25, -0.2) is 9.18 Å². The Morgan fingerprint density at radius 1 is 1.24 bits per heavy atom. The molecule has 128 valence electrons. The van der Waals surface area contributed by atoms with Gasteiger partial charge in [0, 0.05) is 17.2 Å². The molecule has 4 heteroatoms. The van der Waals surface area contributed by atoms with Crippen molar-refractivity contribution in [3.05, 3.63) is 76.6 Å². The van der Waals surface area contributed by atoms with Gasteiger partial charge in [-0.2, -0.15) is 0 Å². The Labute approximate surface area is 146 Å². The summed E-state index contributed by atoms with van der Waals surface area (Å²) in [5.41, 5.74) is 4.20. The summed E-state index contributed by atoms with van der Waals surface area (Å²) in [6.45, 7) is 2.00. The molecular formula is C21H20FNO2. The molecule has 1 aliphatic heterocycles. The van der Waals surface area contributed by atoms with Crippen molar-refractivity contribution in [3.8, 4) is 0 Å². The Kier molecular flexibility index (Phi) is 3.83. The lowest BCUT2D eigenvalue weighted by Gasteiger charge is -2.39. The number of aryl methyl sites for hydroxylation is 1. The van der Waals surface area contributed by atoms with Crippen LogP contribution in [0.4, 0.5) is 10.1 Å². The third-order valence-corrected chi connectivity index (χ3v) is 5.37. The minimum absolute atomic E-state index is 0.0786. The standard InChI is InChI=1S/C21H20FNO2/c1-12-10-11-16(21(24)25-2)18-13-7-5-8-14(13)20(23-19(12)18)15-6-3-4-9-17(15)22/h3-7,9-11,13-14,20,23H,8H2,1-2H3/t13-,14-,20+/m1/s1. The maximum absolute atomic E-state index is 14.4. The smallest absolute Gasteiger partial charge is 0.338 e. The van der Waals surface area contributed by atoms with Gasteiger partial charge in [0.1, 0.15) is 5.82 Å². The van der Waals surface area contributed by atoms with Crippen molar-refractivity contribution in [1.29, 1.82) is 0 Å². The lowest BCUT2D eigenvalue weighted by Crippen LogP contribution is -2.31. The van der Waals surface area contributed by atoms with E-state index >= 15 is 0 Å². The average molecular weight is 337 g/mol. The molecule has 25 heavy (non-hydrogen) atoms. The molecule has 0 bridgehead atoms. The summed E-state index contributed by atoms with van der Waals surface area (Å²) < 4.78 is 19.4. The fourth-order valence-electron chi connectivity index (χ4n) is 4.18. The Bertz CT molecular complexity index is 874. The van der Waals surface area contributed by atoms with Gasteiger partial charge in [-0.05, 0) is 42.5 Å². The molecule has 1 aliphatic carbocycles. The fourth-order valence-corrected chi connectivity index (χ4v) is 4.18. The molecule has 2 aromatic carbocycles. The van der Waals surface area contributed by atoms with E-state index in [9.17, 15) is 9.18 Å². The van der Waals surface area contributed by atoms with E-state index in [0.717, 1.165) is 23.2 Å². The van der Waals surface area contributed by atoms with E-state index in [1.54, 1.807) is 6.07 Å². The summed E-state index contributed by atoms with van der Waals surface area (Å²) in [5.74, 6) is -0.276. The van der Waals surface area contributed by atoms with Crippen LogP contribution in [-0.4, -0.2) is 13.1 Å². The van der Waals surface area contributed by atoms with Gasteiger partial charge in [-0.1, -0.05) is 36.4 Å². The zero-order valence-corrected chi connectivity index (χ0v) is 14.3. The second-order valence-electron chi connectivity index (χ2n) is 6.71. The minimum atomic E-state index is -0.332. The van der Waals surface area contributed by atoms with Crippen LogP contribution in [0.15, 0.2) is 48.6 Å².